The van der Waals surface area contributed by atoms with Gasteiger partial charge in [0.15, 0.2) is 0 Å². The van der Waals surface area contributed by atoms with E-state index < -0.39 is 0 Å². The molecule has 1 heteroatoms. The van der Waals surface area contributed by atoms with E-state index in [9.17, 15) is 0 Å². The molecule has 1 aliphatic carbocycles. The standard InChI is InChI=1S/C61H43N/c1-61(2)55-31-17-16-29-48(55)49-35-33-45(38-56(49)61)62(57-32-18-26-40-23-12-13-27-46(40)57)44-34-36-51-54(37-44)47-28-14-15-30-50(47)60-58(43-24-10-5-11-25-43)52(41-19-6-3-7-20-41)39-53(59(51)60)42-21-8-4-9-22-42/h3-39H,1-2H3. The minimum atomic E-state index is -0.131. The first-order chi connectivity index (χ1) is 30.5. The molecule has 0 saturated carbocycles. The van der Waals surface area contributed by atoms with Gasteiger partial charge in [-0.1, -0.05) is 202 Å². The van der Waals surface area contributed by atoms with Gasteiger partial charge in [-0.25, -0.2) is 0 Å². The Bertz CT molecular complexity index is 3520. The molecule has 0 unspecified atom stereocenters. The molecule has 0 bridgehead atoms. The third-order valence-electron chi connectivity index (χ3n) is 13.4. The van der Waals surface area contributed by atoms with Crippen molar-refractivity contribution in [1.29, 1.82) is 0 Å². The molecule has 0 aromatic heterocycles. The molecule has 11 aromatic rings. The van der Waals surface area contributed by atoms with Crippen LogP contribution < -0.4 is 4.90 Å². The molecule has 62 heavy (non-hydrogen) atoms. The summed E-state index contributed by atoms with van der Waals surface area (Å²) in [6, 6.07) is 83.1. The lowest BCUT2D eigenvalue weighted by molar-refractivity contribution is 0.660. The van der Waals surface area contributed by atoms with Gasteiger partial charge in [0.25, 0.3) is 0 Å². The maximum atomic E-state index is 2.49. The van der Waals surface area contributed by atoms with Crippen LogP contribution in [0.3, 0.4) is 0 Å². The average molecular weight is 790 g/mol. The van der Waals surface area contributed by atoms with E-state index in [0.29, 0.717) is 0 Å². The van der Waals surface area contributed by atoms with Crippen LogP contribution >= 0.6 is 0 Å². The highest BCUT2D eigenvalue weighted by atomic mass is 15.1. The summed E-state index contributed by atoms with van der Waals surface area (Å²) in [4.78, 5) is 2.49. The maximum Gasteiger partial charge on any atom is 0.0540 e. The zero-order valence-electron chi connectivity index (χ0n) is 34.8. The van der Waals surface area contributed by atoms with Gasteiger partial charge in [-0.2, -0.15) is 0 Å². The maximum absolute atomic E-state index is 2.49. The molecule has 0 fully saturated rings. The van der Waals surface area contributed by atoms with Crippen LogP contribution in [0.5, 0.6) is 0 Å². The van der Waals surface area contributed by atoms with Crippen LogP contribution in [0.1, 0.15) is 25.0 Å². The molecule has 0 N–H and O–H groups in total. The van der Waals surface area contributed by atoms with E-state index in [-0.39, 0.29) is 5.41 Å². The van der Waals surface area contributed by atoms with Crippen LogP contribution in [-0.2, 0) is 5.41 Å². The van der Waals surface area contributed by atoms with Gasteiger partial charge in [-0.15, -0.1) is 0 Å². The van der Waals surface area contributed by atoms with Crippen LogP contribution in [0.15, 0.2) is 224 Å². The third-order valence-corrected chi connectivity index (χ3v) is 13.4. The van der Waals surface area contributed by atoms with Gasteiger partial charge in [0, 0.05) is 22.2 Å². The summed E-state index contributed by atoms with van der Waals surface area (Å²) < 4.78 is 0. The first kappa shape index (κ1) is 36.1. The van der Waals surface area contributed by atoms with Gasteiger partial charge >= 0.3 is 0 Å². The van der Waals surface area contributed by atoms with E-state index in [1.807, 2.05) is 0 Å². The highest BCUT2D eigenvalue weighted by molar-refractivity contribution is 6.33. The third kappa shape index (κ3) is 5.55. The van der Waals surface area contributed by atoms with Crippen LogP contribution in [0.2, 0.25) is 0 Å². The number of benzene rings is 11. The Labute approximate surface area is 362 Å². The van der Waals surface area contributed by atoms with Gasteiger partial charge in [-0.3, -0.25) is 0 Å². The van der Waals surface area contributed by atoms with E-state index >= 15 is 0 Å². The Morgan fingerprint density at radius 2 is 0.871 bits per heavy atom. The van der Waals surface area contributed by atoms with Gasteiger partial charge in [0.05, 0.1) is 5.69 Å². The number of hydrogen-bond acceptors (Lipinski definition) is 1. The van der Waals surface area contributed by atoms with Crippen molar-refractivity contribution in [2.45, 2.75) is 19.3 Å². The molecule has 11 aromatic carbocycles. The molecule has 292 valence electrons. The van der Waals surface area contributed by atoms with Crippen molar-refractivity contribution in [2.75, 3.05) is 4.90 Å². The van der Waals surface area contributed by atoms with Gasteiger partial charge in [-0.05, 0) is 130 Å². The molecule has 0 saturated heterocycles. The highest BCUT2D eigenvalue weighted by Gasteiger charge is 2.36. The van der Waals surface area contributed by atoms with Crippen molar-refractivity contribution in [3.63, 3.8) is 0 Å². The molecule has 0 radical (unpaired) electrons. The molecule has 0 heterocycles. The lowest BCUT2D eigenvalue weighted by Gasteiger charge is -2.29. The second-order valence-corrected chi connectivity index (χ2v) is 17.2. The molecule has 0 spiro atoms. The SMILES string of the molecule is CC1(C)c2ccccc2-c2ccc(N(c3ccc4c(c3)c3ccccc3c3c(-c5ccccc5)c(-c5ccccc5)cc(-c5ccccc5)c43)c3cccc4ccccc34)cc21. The largest absolute Gasteiger partial charge is 0.310 e. The first-order valence-electron chi connectivity index (χ1n) is 21.7. The Kier molecular flexibility index (Phi) is 8.27. The monoisotopic (exact) mass is 789 g/mol. The smallest absolute Gasteiger partial charge is 0.0540 e. The highest BCUT2D eigenvalue weighted by Crippen LogP contribution is 2.53. The van der Waals surface area contributed by atoms with E-state index in [1.54, 1.807) is 0 Å². The lowest BCUT2D eigenvalue weighted by atomic mass is 9.81. The summed E-state index contributed by atoms with van der Waals surface area (Å²) in [7, 11) is 0. The van der Waals surface area contributed by atoms with Crippen molar-refractivity contribution >= 4 is 60.2 Å². The summed E-state index contributed by atoms with van der Waals surface area (Å²) in [6.45, 7) is 4.74. The second kappa shape index (κ2) is 14.2. The minimum absolute atomic E-state index is 0.131. The van der Waals surface area contributed by atoms with Crippen molar-refractivity contribution in [1.82, 2.24) is 0 Å². The van der Waals surface area contributed by atoms with Crippen LogP contribution in [0, 0.1) is 0 Å². The van der Waals surface area contributed by atoms with Crippen LogP contribution in [0.25, 0.3) is 87.6 Å². The topological polar surface area (TPSA) is 3.24 Å². The van der Waals surface area contributed by atoms with Crippen molar-refractivity contribution in [2.24, 2.45) is 0 Å². The van der Waals surface area contributed by atoms with Crippen molar-refractivity contribution < 1.29 is 0 Å². The predicted octanol–water partition coefficient (Wildman–Crippen LogP) is 17.1. The normalized spacial score (nSPS) is 12.8. The van der Waals surface area contributed by atoms with Gasteiger partial charge in [0.1, 0.15) is 0 Å². The average Bonchev–Trinajstić information content (AvgIpc) is 3.57. The molecular formula is C61H43N. The van der Waals surface area contributed by atoms with Gasteiger partial charge in [0.2, 0.25) is 0 Å². The van der Waals surface area contributed by atoms with Crippen LogP contribution in [-0.4, -0.2) is 0 Å². The molecule has 12 rings (SSSR count). The Morgan fingerprint density at radius 3 is 1.63 bits per heavy atom. The number of hydrogen-bond donors (Lipinski definition) is 0. The summed E-state index contributed by atoms with van der Waals surface area (Å²) in [5.41, 5.74) is 16.0. The number of anilines is 3. The molecular weight excluding hydrogens is 747 g/mol. The van der Waals surface area contributed by atoms with E-state index in [2.05, 4.69) is 243 Å². The predicted molar refractivity (Wildman–Crippen MR) is 265 cm³/mol. The fraction of sp³-hybridized carbons (Fsp3) is 0.0492. The summed E-state index contributed by atoms with van der Waals surface area (Å²) >= 11 is 0. The first-order valence-corrected chi connectivity index (χ1v) is 21.7. The Hall–Kier alpha value is -7.74. The van der Waals surface area contributed by atoms with Gasteiger partial charge < -0.3 is 4.90 Å². The Balaban J connectivity index is 1.19. The molecule has 0 atom stereocenters. The summed E-state index contributed by atoms with van der Waals surface area (Å²) in [6.07, 6.45) is 0. The number of rotatable bonds is 6. The van der Waals surface area contributed by atoms with Crippen molar-refractivity contribution in [3.8, 4) is 44.5 Å². The fourth-order valence-electron chi connectivity index (χ4n) is 10.5. The Morgan fingerprint density at radius 1 is 0.323 bits per heavy atom. The lowest BCUT2D eigenvalue weighted by Crippen LogP contribution is -2.16. The molecule has 0 aliphatic heterocycles. The number of fused-ring (bicyclic) bond motifs is 10. The molecule has 1 nitrogen and oxygen atoms in total. The molecule has 1 aliphatic rings. The fourth-order valence-corrected chi connectivity index (χ4v) is 10.5. The van der Waals surface area contributed by atoms with Crippen LogP contribution in [0.4, 0.5) is 17.1 Å². The van der Waals surface area contributed by atoms with E-state index in [0.717, 1.165) is 17.1 Å². The van der Waals surface area contributed by atoms with E-state index in [4.69, 9.17) is 0 Å². The zero-order valence-corrected chi connectivity index (χ0v) is 34.8. The minimum Gasteiger partial charge on any atom is -0.310 e. The summed E-state index contributed by atoms with van der Waals surface area (Å²) in [5.74, 6) is 0. The number of nitrogens with zero attached hydrogens (tertiary/aromatic N) is 1. The van der Waals surface area contributed by atoms with Crippen molar-refractivity contribution in [3.05, 3.63) is 236 Å². The quantitative estimate of drug-likeness (QED) is 0.152. The molecule has 0 amide bonds. The second-order valence-electron chi connectivity index (χ2n) is 17.2. The summed E-state index contributed by atoms with van der Waals surface area (Å²) in [5, 5.41) is 9.93. The van der Waals surface area contributed by atoms with E-state index in [1.165, 1.54) is 98.7 Å². The zero-order chi connectivity index (χ0) is 41.4.